The molecule has 0 unspecified atom stereocenters. The van der Waals surface area contributed by atoms with Gasteiger partial charge in [0.15, 0.2) is 17.5 Å². The Morgan fingerprint density at radius 2 is 1.95 bits per heavy atom. The summed E-state index contributed by atoms with van der Waals surface area (Å²) in [5, 5.41) is 4.95. The number of nitrogens with one attached hydrogen (secondary N) is 1. The lowest BCUT2D eigenvalue weighted by atomic mass is 10.2. The van der Waals surface area contributed by atoms with Gasteiger partial charge in [-0.25, -0.2) is 18.2 Å². The van der Waals surface area contributed by atoms with Crippen molar-refractivity contribution in [1.29, 1.82) is 0 Å². The topological polar surface area (TPSA) is 42.0 Å². The molecule has 0 aliphatic carbocycles. The van der Waals surface area contributed by atoms with Crippen molar-refractivity contribution in [2.24, 2.45) is 0 Å². The van der Waals surface area contributed by atoms with E-state index < -0.39 is 23.4 Å². The normalized spacial score (nSPS) is 10.5. The molecule has 0 bridgehead atoms. The van der Waals surface area contributed by atoms with Gasteiger partial charge in [0.25, 0.3) is 5.91 Å². The summed E-state index contributed by atoms with van der Waals surface area (Å²) in [7, 11) is 0. The molecule has 1 N–H and O–H groups in total. The van der Waals surface area contributed by atoms with E-state index in [-0.39, 0.29) is 12.1 Å². The molecule has 0 aliphatic rings. The molecule has 3 nitrogen and oxygen atoms in total. The Morgan fingerprint density at radius 3 is 2.47 bits per heavy atom. The predicted molar refractivity (Wildman–Crippen MR) is 64.3 cm³/mol. The van der Waals surface area contributed by atoms with Crippen LogP contribution in [0.5, 0.6) is 0 Å². The van der Waals surface area contributed by atoms with Crippen LogP contribution in [0.4, 0.5) is 13.2 Å². The molecule has 0 saturated carbocycles. The van der Waals surface area contributed by atoms with E-state index in [9.17, 15) is 18.0 Å². The highest BCUT2D eigenvalue weighted by molar-refractivity contribution is 7.09. The van der Waals surface area contributed by atoms with Gasteiger partial charge in [-0.3, -0.25) is 4.79 Å². The van der Waals surface area contributed by atoms with Crippen LogP contribution in [0.15, 0.2) is 17.5 Å². The minimum Gasteiger partial charge on any atom is -0.346 e. The highest BCUT2D eigenvalue weighted by atomic mass is 32.1. The van der Waals surface area contributed by atoms with Crippen molar-refractivity contribution in [1.82, 2.24) is 10.3 Å². The largest absolute Gasteiger partial charge is 0.346 e. The standard InChI is InChI=1S/C12H9F3N2OS/c1-6-5-19-10(17-6)4-16-12(18)7-2-8(13)11(15)9(14)3-7/h2-3,5H,4H2,1H3,(H,16,18). The minimum atomic E-state index is -1.59. The van der Waals surface area contributed by atoms with Gasteiger partial charge >= 0.3 is 0 Å². The zero-order valence-electron chi connectivity index (χ0n) is 9.84. The van der Waals surface area contributed by atoms with Gasteiger partial charge in [-0.15, -0.1) is 11.3 Å². The minimum absolute atomic E-state index is 0.151. The van der Waals surface area contributed by atoms with Crippen LogP contribution in [0, 0.1) is 24.4 Å². The molecule has 1 aromatic carbocycles. The predicted octanol–water partition coefficient (Wildman–Crippen LogP) is 2.80. The van der Waals surface area contributed by atoms with Crippen molar-refractivity contribution in [3.05, 3.63) is 51.2 Å². The third-order valence-electron chi connectivity index (χ3n) is 2.31. The number of thiazole rings is 1. The summed E-state index contributed by atoms with van der Waals surface area (Å²) in [4.78, 5) is 15.8. The fourth-order valence-electron chi connectivity index (χ4n) is 1.43. The molecule has 0 spiro atoms. The van der Waals surface area contributed by atoms with Crippen LogP contribution < -0.4 is 5.32 Å². The molecule has 1 amide bonds. The maximum atomic E-state index is 13.0. The highest BCUT2D eigenvalue weighted by Gasteiger charge is 2.15. The average Bonchev–Trinajstić information content (AvgIpc) is 2.78. The summed E-state index contributed by atoms with van der Waals surface area (Å²) < 4.78 is 38.7. The lowest BCUT2D eigenvalue weighted by Crippen LogP contribution is -2.23. The van der Waals surface area contributed by atoms with E-state index >= 15 is 0 Å². The first-order valence-electron chi connectivity index (χ1n) is 5.31. The first-order chi connectivity index (χ1) is 8.97. The Hall–Kier alpha value is -1.89. The number of halogens is 3. The van der Waals surface area contributed by atoms with Crippen molar-refractivity contribution in [3.8, 4) is 0 Å². The van der Waals surface area contributed by atoms with Crippen LogP contribution in [-0.2, 0) is 6.54 Å². The van der Waals surface area contributed by atoms with Crippen LogP contribution in [0.1, 0.15) is 21.1 Å². The molecule has 0 radical (unpaired) electrons. The van der Waals surface area contributed by atoms with Crippen LogP contribution in [0.25, 0.3) is 0 Å². The quantitative estimate of drug-likeness (QED) is 0.882. The number of rotatable bonds is 3. The molecule has 0 fully saturated rings. The summed E-state index contributed by atoms with van der Waals surface area (Å²) in [6.07, 6.45) is 0. The Balaban J connectivity index is 2.08. The smallest absolute Gasteiger partial charge is 0.251 e. The molecule has 1 aromatic heterocycles. The second kappa shape index (κ2) is 5.40. The first kappa shape index (κ1) is 13.5. The Labute approximate surface area is 111 Å². The van der Waals surface area contributed by atoms with Crippen LogP contribution in [0.2, 0.25) is 0 Å². The Morgan fingerprint density at radius 1 is 1.32 bits per heavy atom. The van der Waals surface area contributed by atoms with E-state index in [1.807, 2.05) is 12.3 Å². The molecule has 0 saturated heterocycles. The molecule has 2 rings (SSSR count). The van der Waals surface area contributed by atoms with Gasteiger partial charge < -0.3 is 5.32 Å². The number of carbonyl (C=O) groups excluding carboxylic acids is 1. The van der Waals surface area contributed by atoms with Crippen molar-refractivity contribution in [2.45, 2.75) is 13.5 Å². The summed E-state index contributed by atoms with van der Waals surface area (Å²) in [6, 6.07) is 1.31. The van der Waals surface area contributed by atoms with Crippen molar-refractivity contribution >= 4 is 17.2 Å². The lowest BCUT2D eigenvalue weighted by Gasteiger charge is -2.04. The monoisotopic (exact) mass is 286 g/mol. The maximum absolute atomic E-state index is 13.0. The van der Waals surface area contributed by atoms with Gasteiger partial charge in [0.2, 0.25) is 0 Å². The molecular formula is C12H9F3N2OS. The summed E-state index contributed by atoms with van der Waals surface area (Å²) in [6.45, 7) is 1.96. The highest BCUT2D eigenvalue weighted by Crippen LogP contribution is 2.14. The first-order valence-corrected chi connectivity index (χ1v) is 6.19. The molecule has 7 heteroatoms. The van der Waals surface area contributed by atoms with Crippen molar-refractivity contribution in [2.75, 3.05) is 0 Å². The van der Waals surface area contributed by atoms with E-state index in [0.717, 1.165) is 5.69 Å². The van der Waals surface area contributed by atoms with Gasteiger partial charge in [0.05, 0.1) is 6.54 Å². The number of aryl methyl sites for hydroxylation is 1. The molecule has 0 aliphatic heterocycles. The van der Waals surface area contributed by atoms with E-state index in [2.05, 4.69) is 10.3 Å². The zero-order chi connectivity index (χ0) is 14.0. The fraction of sp³-hybridized carbons (Fsp3) is 0.167. The number of amides is 1. The molecule has 0 atom stereocenters. The Kier molecular flexibility index (Phi) is 3.84. The lowest BCUT2D eigenvalue weighted by molar-refractivity contribution is 0.0949. The summed E-state index contributed by atoms with van der Waals surface area (Å²) >= 11 is 1.36. The Bertz CT molecular complexity index is 604. The fourth-order valence-corrected chi connectivity index (χ4v) is 2.14. The second-order valence-electron chi connectivity index (χ2n) is 3.82. The molecule has 1 heterocycles. The van der Waals surface area contributed by atoms with Crippen molar-refractivity contribution < 1.29 is 18.0 Å². The number of aromatic nitrogens is 1. The number of benzene rings is 1. The average molecular weight is 286 g/mol. The van der Waals surface area contributed by atoms with Gasteiger partial charge in [0, 0.05) is 16.6 Å². The third-order valence-corrected chi connectivity index (χ3v) is 3.28. The van der Waals surface area contributed by atoms with E-state index in [4.69, 9.17) is 0 Å². The van der Waals surface area contributed by atoms with Gasteiger partial charge in [-0.1, -0.05) is 0 Å². The summed E-state index contributed by atoms with van der Waals surface area (Å²) in [5.74, 6) is -5.07. The number of carbonyl (C=O) groups is 1. The summed E-state index contributed by atoms with van der Waals surface area (Å²) in [5.41, 5.74) is 0.554. The van der Waals surface area contributed by atoms with Crippen molar-refractivity contribution in [3.63, 3.8) is 0 Å². The van der Waals surface area contributed by atoms with Crippen LogP contribution in [-0.4, -0.2) is 10.9 Å². The van der Waals surface area contributed by atoms with Crippen LogP contribution in [0.3, 0.4) is 0 Å². The third kappa shape index (κ3) is 3.11. The number of hydrogen-bond donors (Lipinski definition) is 1. The van der Waals surface area contributed by atoms with Gasteiger partial charge in [-0.05, 0) is 19.1 Å². The number of hydrogen-bond acceptors (Lipinski definition) is 3. The maximum Gasteiger partial charge on any atom is 0.251 e. The zero-order valence-corrected chi connectivity index (χ0v) is 10.7. The van der Waals surface area contributed by atoms with E-state index in [1.165, 1.54) is 11.3 Å². The van der Waals surface area contributed by atoms with E-state index in [1.54, 1.807) is 0 Å². The number of nitrogens with zero attached hydrogens (tertiary/aromatic N) is 1. The van der Waals surface area contributed by atoms with E-state index in [0.29, 0.717) is 17.1 Å². The van der Waals surface area contributed by atoms with Gasteiger partial charge in [0.1, 0.15) is 5.01 Å². The molecular weight excluding hydrogens is 277 g/mol. The van der Waals surface area contributed by atoms with Gasteiger partial charge in [-0.2, -0.15) is 0 Å². The molecule has 100 valence electrons. The van der Waals surface area contributed by atoms with Crippen LogP contribution >= 0.6 is 11.3 Å². The molecule has 2 aromatic rings. The molecule has 19 heavy (non-hydrogen) atoms. The second-order valence-corrected chi connectivity index (χ2v) is 4.76. The SMILES string of the molecule is Cc1csc(CNC(=O)c2cc(F)c(F)c(F)c2)n1.